The molecule has 0 fully saturated rings. The van der Waals surface area contributed by atoms with Gasteiger partial charge in [0.15, 0.2) is 5.82 Å². The van der Waals surface area contributed by atoms with Crippen molar-refractivity contribution in [2.45, 2.75) is 26.3 Å². The van der Waals surface area contributed by atoms with E-state index < -0.39 is 23.4 Å². The van der Waals surface area contributed by atoms with Crippen LogP contribution in [0.2, 0.25) is 0 Å². The number of nitrogens with two attached hydrogens (primary N) is 2. The van der Waals surface area contributed by atoms with Crippen molar-refractivity contribution < 1.29 is 9.59 Å². The Balaban J connectivity index is 1.98. The summed E-state index contributed by atoms with van der Waals surface area (Å²) in [5, 5.41) is 5.78. The topological polar surface area (TPSA) is 169 Å². The van der Waals surface area contributed by atoms with Gasteiger partial charge in [0.05, 0.1) is 15.7 Å². The largest absolute Gasteiger partial charge is 0.368 e. The van der Waals surface area contributed by atoms with Gasteiger partial charge in [-0.1, -0.05) is 13.8 Å². The number of benzene rings is 1. The molecule has 2 amide bonds. The number of hydrogen-bond acceptors (Lipinski definition) is 8. The number of aromatic nitrogens is 3. The number of carbonyl (C=O) groups is 2. The molecule has 0 bridgehead atoms. The summed E-state index contributed by atoms with van der Waals surface area (Å²) in [4.78, 5) is 46.9. The summed E-state index contributed by atoms with van der Waals surface area (Å²) in [6.45, 7) is 3.87. The number of carbonyl (C=O) groups excluding carboxylic acids is 2. The normalized spacial score (nSPS) is 12.1. The Kier molecular flexibility index (Phi) is 5.78. The van der Waals surface area contributed by atoms with E-state index in [9.17, 15) is 14.4 Å². The zero-order valence-electron chi connectivity index (χ0n) is 15.9. The lowest BCUT2D eigenvalue weighted by Crippen LogP contribution is -2.38. The van der Waals surface area contributed by atoms with Gasteiger partial charge in [0.2, 0.25) is 11.9 Å². The molecule has 3 aromatic rings. The SMILES string of the molecule is CC(C)CC(Nc1nc(Nc2ccc3ncsc3c2)c(C(N)=O)c(=O)[nH]1)C(N)=O. The molecule has 1 atom stereocenters. The molecule has 10 nitrogen and oxygen atoms in total. The molecule has 0 radical (unpaired) electrons. The summed E-state index contributed by atoms with van der Waals surface area (Å²) in [5.74, 6) is -1.35. The summed E-state index contributed by atoms with van der Waals surface area (Å²) >= 11 is 1.45. The zero-order chi connectivity index (χ0) is 21.1. The molecule has 1 unspecified atom stereocenters. The van der Waals surface area contributed by atoms with Crippen molar-refractivity contribution in [3.05, 3.63) is 39.6 Å². The van der Waals surface area contributed by atoms with Crippen LogP contribution in [0.4, 0.5) is 17.5 Å². The standard InChI is InChI=1S/C18H21N7O3S/c1-8(2)5-11(14(19)26)23-18-24-16(13(15(20)27)17(28)25-18)22-9-3-4-10-12(6-9)29-7-21-10/h3-4,6-8,11H,5H2,1-2H3,(H2,19,26)(H2,20,27)(H3,22,23,24,25,28). The number of nitrogens with zero attached hydrogens (tertiary/aromatic N) is 2. The van der Waals surface area contributed by atoms with Crippen LogP contribution in [0.1, 0.15) is 30.6 Å². The van der Waals surface area contributed by atoms with Gasteiger partial charge in [-0.05, 0) is 30.5 Å². The first-order valence-electron chi connectivity index (χ1n) is 8.85. The molecule has 2 heterocycles. The Bertz CT molecular complexity index is 1120. The fourth-order valence-electron chi connectivity index (χ4n) is 2.81. The molecule has 29 heavy (non-hydrogen) atoms. The number of hydrogen-bond donors (Lipinski definition) is 5. The number of anilines is 3. The molecule has 0 aliphatic heterocycles. The maximum atomic E-state index is 12.4. The van der Waals surface area contributed by atoms with Crippen molar-refractivity contribution >= 4 is 50.8 Å². The van der Waals surface area contributed by atoms with Crippen molar-refractivity contribution in [1.82, 2.24) is 15.0 Å². The van der Waals surface area contributed by atoms with Gasteiger partial charge in [0, 0.05) is 5.69 Å². The fourth-order valence-corrected chi connectivity index (χ4v) is 3.53. The molecule has 3 rings (SSSR count). The van der Waals surface area contributed by atoms with E-state index in [2.05, 4.69) is 25.6 Å². The second kappa shape index (κ2) is 8.27. The maximum Gasteiger partial charge on any atom is 0.267 e. The van der Waals surface area contributed by atoms with Crippen LogP contribution in [0.3, 0.4) is 0 Å². The second-order valence-corrected chi connectivity index (χ2v) is 7.78. The zero-order valence-corrected chi connectivity index (χ0v) is 16.7. The number of rotatable bonds is 8. The molecular formula is C18H21N7O3S. The highest BCUT2D eigenvalue weighted by atomic mass is 32.1. The van der Waals surface area contributed by atoms with Crippen molar-refractivity contribution in [3.8, 4) is 0 Å². The van der Waals surface area contributed by atoms with E-state index in [0.717, 1.165) is 10.2 Å². The van der Waals surface area contributed by atoms with Gasteiger partial charge in [-0.25, -0.2) is 4.98 Å². The highest BCUT2D eigenvalue weighted by Gasteiger charge is 2.21. The van der Waals surface area contributed by atoms with Crippen LogP contribution >= 0.6 is 11.3 Å². The Morgan fingerprint density at radius 2 is 2.03 bits per heavy atom. The summed E-state index contributed by atoms with van der Waals surface area (Å²) in [5.41, 5.74) is 12.9. The average molecular weight is 415 g/mol. The molecule has 2 aromatic heterocycles. The third kappa shape index (κ3) is 4.69. The van der Waals surface area contributed by atoms with E-state index in [4.69, 9.17) is 11.5 Å². The van der Waals surface area contributed by atoms with Crippen LogP contribution in [0.5, 0.6) is 0 Å². The van der Waals surface area contributed by atoms with Crippen LogP contribution < -0.4 is 27.7 Å². The molecule has 0 aliphatic rings. The smallest absolute Gasteiger partial charge is 0.267 e. The number of fused-ring (bicyclic) bond motifs is 1. The van der Waals surface area contributed by atoms with Crippen molar-refractivity contribution in [1.29, 1.82) is 0 Å². The predicted octanol–water partition coefficient (Wildman–Crippen LogP) is 1.53. The summed E-state index contributed by atoms with van der Waals surface area (Å²) in [6, 6.07) is 4.63. The van der Waals surface area contributed by atoms with E-state index in [1.165, 1.54) is 11.3 Å². The van der Waals surface area contributed by atoms with Crippen LogP contribution in [-0.4, -0.2) is 32.8 Å². The van der Waals surface area contributed by atoms with E-state index in [1.54, 1.807) is 17.6 Å². The van der Waals surface area contributed by atoms with Gasteiger partial charge in [0.25, 0.3) is 11.5 Å². The number of H-pyrrole nitrogens is 1. The van der Waals surface area contributed by atoms with Gasteiger partial charge in [-0.3, -0.25) is 19.4 Å². The highest BCUT2D eigenvalue weighted by molar-refractivity contribution is 7.16. The number of nitrogens with one attached hydrogen (secondary N) is 3. The van der Waals surface area contributed by atoms with Crippen LogP contribution in [0, 0.1) is 5.92 Å². The number of thiazole rings is 1. The van der Waals surface area contributed by atoms with E-state index in [1.807, 2.05) is 19.9 Å². The predicted molar refractivity (Wildman–Crippen MR) is 112 cm³/mol. The van der Waals surface area contributed by atoms with Gasteiger partial charge in [-0.2, -0.15) is 4.98 Å². The molecule has 0 aliphatic carbocycles. The van der Waals surface area contributed by atoms with Gasteiger partial charge < -0.3 is 22.1 Å². The lowest BCUT2D eigenvalue weighted by atomic mass is 10.0. The van der Waals surface area contributed by atoms with Crippen molar-refractivity contribution in [2.75, 3.05) is 10.6 Å². The van der Waals surface area contributed by atoms with Crippen LogP contribution in [-0.2, 0) is 4.79 Å². The number of amides is 2. The molecule has 11 heteroatoms. The Labute approximate surface area is 169 Å². The summed E-state index contributed by atoms with van der Waals surface area (Å²) in [7, 11) is 0. The minimum atomic E-state index is -0.930. The second-order valence-electron chi connectivity index (χ2n) is 6.89. The van der Waals surface area contributed by atoms with E-state index in [-0.39, 0.29) is 23.2 Å². The average Bonchev–Trinajstić information content (AvgIpc) is 3.07. The first-order chi connectivity index (χ1) is 13.7. The third-order valence-corrected chi connectivity index (χ3v) is 4.91. The molecular weight excluding hydrogens is 394 g/mol. The van der Waals surface area contributed by atoms with Crippen molar-refractivity contribution in [3.63, 3.8) is 0 Å². The van der Waals surface area contributed by atoms with Crippen LogP contribution in [0.15, 0.2) is 28.5 Å². The first kappa shape index (κ1) is 20.3. The number of primary amides is 2. The fraction of sp³-hybridized carbons (Fsp3) is 0.278. The minimum absolute atomic E-state index is 0.00539. The van der Waals surface area contributed by atoms with Crippen LogP contribution in [0.25, 0.3) is 10.2 Å². The van der Waals surface area contributed by atoms with Crippen molar-refractivity contribution in [2.24, 2.45) is 17.4 Å². The molecule has 152 valence electrons. The Morgan fingerprint density at radius 1 is 1.28 bits per heavy atom. The van der Waals surface area contributed by atoms with E-state index in [0.29, 0.717) is 12.1 Å². The lowest BCUT2D eigenvalue weighted by Gasteiger charge is -2.18. The van der Waals surface area contributed by atoms with E-state index >= 15 is 0 Å². The molecule has 0 spiro atoms. The quantitative estimate of drug-likeness (QED) is 0.371. The van der Waals surface area contributed by atoms with Gasteiger partial charge >= 0.3 is 0 Å². The molecule has 1 aromatic carbocycles. The Morgan fingerprint density at radius 3 is 2.69 bits per heavy atom. The first-order valence-corrected chi connectivity index (χ1v) is 9.72. The van der Waals surface area contributed by atoms with Gasteiger partial charge in [0.1, 0.15) is 11.6 Å². The molecule has 0 saturated heterocycles. The highest BCUT2D eigenvalue weighted by Crippen LogP contribution is 2.25. The summed E-state index contributed by atoms with van der Waals surface area (Å²) in [6.07, 6.45) is 0.446. The Hall–Kier alpha value is -3.47. The van der Waals surface area contributed by atoms with Gasteiger partial charge in [-0.15, -0.1) is 11.3 Å². The monoisotopic (exact) mass is 415 g/mol. The number of aromatic amines is 1. The summed E-state index contributed by atoms with van der Waals surface area (Å²) < 4.78 is 0.921. The maximum absolute atomic E-state index is 12.4. The minimum Gasteiger partial charge on any atom is -0.368 e. The lowest BCUT2D eigenvalue weighted by molar-refractivity contribution is -0.119. The third-order valence-electron chi connectivity index (χ3n) is 4.12. The molecule has 7 N–H and O–H groups in total. The molecule has 0 saturated carbocycles.